The number of aromatic hydroxyl groups is 2. The van der Waals surface area contributed by atoms with Gasteiger partial charge < -0.3 is 15.1 Å². The summed E-state index contributed by atoms with van der Waals surface area (Å²) in [7, 11) is 0. The zero-order valence-corrected chi connectivity index (χ0v) is 18.0. The van der Waals surface area contributed by atoms with Crippen molar-refractivity contribution in [2.45, 2.75) is 12.0 Å². The highest BCUT2D eigenvalue weighted by Crippen LogP contribution is 2.51. The summed E-state index contributed by atoms with van der Waals surface area (Å²) in [5.41, 5.74) is 2.41. The van der Waals surface area contributed by atoms with Crippen LogP contribution in [0.5, 0.6) is 11.5 Å². The molecule has 0 bridgehead atoms. The fourth-order valence-corrected chi connectivity index (χ4v) is 4.66. The van der Waals surface area contributed by atoms with Gasteiger partial charge in [0.1, 0.15) is 16.9 Å². The Morgan fingerprint density at radius 2 is 1.29 bits per heavy atom. The smallest absolute Gasteiger partial charge is 0.269 e. The first kappa shape index (κ1) is 21.2. The molecule has 1 aliphatic rings. The largest absolute Gasteiger partial charge is 0.508 e. The summed E-state index contributed by atoms with van der Waals surface area (Å²) in [6, 6.07) is 26.8. The topological polar surface area (TPSA) is 104 Å². The molecule has 0 saturated carbocycles. The third-order valence-corrected chi connectivity index (χ3v) is 6.25. The monoisotopic (exact) mass is 452 g/mol. The minimum atomic E-state index is -1.20. The molecule has 0 aromatic heterocycles. The van der Waals surface area contributed by atoms with Crippen molar-refractivity contribution in [3.8, 4) is 11.5 Å². The number of benzene rings is 4. The van der Waals surface area contributed by atoms with Gasteiger partial charge in [0.2, 0.25) is 5.91 Å². The Balaban J connectivity index is 1.69. The van der Waals surface area contributed by atoms with Crippen molar-refractivity contribution in [3.63, 3.8) is 0 Å². The van der Waals surface area contributed by atoms with E-state index >= 15 is 0 Å². The minimum absolute atomic E-state index is 0.0144. The first-order valence-electron chi connectivity index (χ1n) is 10.6. The van der Waals surface area contributed by atoms with Crippen LogP contribution in [0.4, 0.5) is 11.4 Å². The molecular weight excluding hydrogens is 432 g/mol. The molecule has 0 radical (unpaired) electrons. The van der Waals surface area contributed by atoms with Crippen LogP contribution < -0.4 is 4.90 Å². The Bertz CT molecular complexity index is 1330. The van der Waals surface area contributed by atoms with Crippen LogP contribution in [0.15, 0.2) is 97.1 Å². The fraction of sp³-hybridized carbons (Fsp3) is 0.0741. The molecule has 0 spiro atoms. The van der Waals surface area contributed by atoms with Gasteiger partial charge >= 0.3 is 0 Å². The van der Waals surface area contributed by atoms with Gasteiger partial charge in [-0.25, -0.2) is 0 Å². The quantitative estimate of drug-likeness (QED) is 0.332. The highest BCUT2D eigenvalue weighted by Gasteiger charge is 2.53. The van der Waals surface area contributed by atoms with Gasteiger partial charge in [-0.15, -0.1) is 0 Å². The molecule has 7 heteroatoms. The van der Waals surface area contributed by atoms with Gasteiger partial charge in [-0.2, -0.15) is 0 Å². The van der Waals surface area contributed by atoms with E-state index in [2.05, 4.69) is 0 Å². The fourth-order valence-electron chi connectivity index (χ4n) is 4.66. The van der Waals surface area contributed by atoms with Crippen LogP contribution in [0.25, 0.3) is 0 Å². The summed E-state index contributed by atoms with van der Waals surface area (Å²) in [4.78, 5) is 26.6. The maximum absolute atomic E-state index is 14.3. The Labute approximate surface area is 195 Å². The van der Waals surface area contributed by atoms with Gasteiger partial charge in [0.05, 0.1) is 11.5 Å². The average Bonchev–Trinajstić information content (AvgIpc) is 3.09. The molecule has 34 heavy (non-hydrogen) atoms. The number of amides is 1. The molecule has 1 heterocycles. The van der Waals surface area contributed by atoms with Gasteiger partial charge in [0.25, 0.3) is 5.69 Å². The van der Waals surface area contributed by atoms with Crippen molar-refractivity contribution in [2.75, 3.05) is 4.90 Å². The lowest BCUT2D eigenvalue weighted by Crippen LogP contribution is -2.42. The molecule has 0 fully saturated rings. The molecule has 2 N–H and O–H groups in total. The number of nitro groups is 1. The molecule has 4 aromatic carbocycles. The second-order valence-electron chi connectivity index (χ2n) is 8.18. The SMILES string of the molecule is O=C1N(Cc2ccc([N+](=O)[O-])cc2)c2ccccc2C1(c1ccc(O)cc1)c1ccc(O)cc1. The second-order valence-corrected chi connectivity index (χ2v) is 8.18. The molecule has 1 aliphatic heterocycles. The van der Waals surface area contributed by atoms with Crippen molar-refractivity contribution in [1.82, 2.24) is 0 Å². The van der Waals surface area contributed by atoms with Crippen LogP contribution >= 0.6 is 0 Å². The van der Waals surface area contributed by atoms with Gasteiger partial charge in [-0.05, 0) is 47.0 Å². The Hall–Kier alpha value is -4.65. The van der Waals surface area contributed by atoms with Gasteiger partial charge in [0, 0.05) is 23.4 Å². The van der Waals surface area contributed by atoms with Crippen LogP contribution in [-0.4, -0.2) is 21.0 Å². The van der Waals surface area contributed by atoms with E-state index in [4.69, 9.17) is 0 Å². The number of non-ortho nitro benzene ring substituents is 1. The zero-order valence-electron chi connectivity index (χ0n) is 18.0. The molecule has 5 rings (SSSR count). The van der Waals surface area contributed by atoms with E-state index in [-0.39, 0.29) is 29.6 Å². The number of fused-ring (bicyclic) bond motifs is 1. The van der Waals surface area contributed by atoms with E-state index in [1.54, 1.807) is 65.6 Å². The normalized spacial score (nSPS) is 14.1. The lowest BCUT2D eigenvalue weighted by atomic mass is 9.70. The third kappa shape index (κ3) is 3.26. The Kier molecular flexibility index (Phi) is 5.02. The van der Waals surface area contributed by atoms with E-state index in [1.807, 2.05) is 24.3 Å². The van der Waals surface area contributed by atoms with Crippen molar-refractivity contribution in [2.24, 2.45) is 0 Å². The third-order valence-electron chi connectivity index (χ3n) is 6.25. The van der Waals surface area contributed by atoms with Gasteiger partial charge in [-0.3, -0.25) is 14.9 Å². The summed E-state index contributed by atoms with van der Waals surface area (Å²) < 4.78 is 0. The second kappa shape index (κ2) is 8.04. The van der Waals surface area contributed by atoms with E-state index in [0.29, 0.717) is 11.1 Å². The van der Waals surface area contributed by atoms with Crippen LogP contribution in [-0.2, 0) is 16.8 Å². The van der Waals surface area contributed by atoms with Crippen molar-refractivity contribution >= 4 is 17.3 Å². The molecule has 0 saturated heterocycles. The summed E-state index contributed by atoms with van der Waals surface area (Å²) in [6.07, 6.45) is 0. The summed E-state index contributed by atoms with van der Waals surface area (Å²) >= 11 is 0. The lowest BCUT2D eigenvalue weighted by Gasteiger charge is -2.30. The average molecular weight is 452 g/mol. The van der Waals surface area contributed by atoms with E-state index in [9.17, 15) is 25.1 Å². The molecule has 4 aromatic rings. The number of carbonyl (C=O) groups is 1. The molecule has 7 nitrogen and oxygen atoms in total. The zero-order chi connectivity index (χ0) is 23.9. The Morgan fingerprint density at radius 3 is 1.82 bits per heavy atom. The van der Waals surface area contributed by atoms with Gasteiger partial charge in [0.15, 0.2) is 0 Å². The summed E-state index contributed by atoms with van der Waals surface area (Å²) in [5.74, 6) is -0.0134. The molecule has 0 atom stereocenters. The molecule has 0 aliphatic carbocycles. The molecule has 0 unspecified atom stereocenters. The van der Waals surface area contributed by atoms with E-state index in [0.717, 1.165) is 16.8 Å². The van der Waals surface area contributed by atoms with Gasteiger partial charge in [-0.1, -0.05) is 54.6 Å². The molecule has 168 valence electrons. The Morgan fingerprint density at radius 1 is 0.765 bits per heavy atom. The maximum atomic E-state index is 14.3. The number of nitro benzene ring substituents is 1. The van der Waals surface area contributed by atoms with Crippen LogP contribution in [0.2, 0.25) is 0 Å². The maximum Gasteiger partial charge on any atom is 0.269 e. The van der Waals surface area contributed by atoms with Crippen LogP contribution in [0.1, 0.15) is 22.3 Å². The van der Waals surface area contributed by atoms with Crippen molar-refractivity contribution in [3.05, 3.63) is 129 Å². The lowest BCUT2D eigenvalue weighted by molar-refractivity contribution is -0.384. The van der Waals surface area contributed by atoms with Crippen LogP contribution in [0.3, 0.4) is 0 Å². The minimum Gasteiger partial charge on any atom is -0.508 e. The number of phenolic OH excluding ortho intramolecular Hbond substituents is 2. The highest BCUT2D eigenvalue weighted by atomic mass is 16.6. The van der Waals surface area contributed by atoms with Crippen molar-refractivity contribution in [1.29, 1.82) is 0 Å². The number of nitrogens with zero attached hydrogens (tertiary/aromatic N) is 2. The molecular formula is C27H20N2O5. The van der Waals surface area contributed by atoms with Crippen LogP contribution in [0, 0.1) is 10.1 Å². The van der Waals surface area contributed by atoms with Crippen molar-refractivity contribution < 1.29 is 19.9 Å². The number of phenols is 2. The molecule has 1 amide bonds. The predicted molar refractivity (Wildman–Crippen MR) is 127 cm³/mol. The predicted octanol–water partition coefficient (Wildman–Crippen LogP) is 4.89. The highest BCUT2D eigenvalue weighted by molar-refractivity contribution is 6.12. The first-order chi connectivity index (χ1) is 16.4. The number of para-hydroxylation sites is 1. The number of anilines is 1. The summed E-state index contributed by atoms with van der Waals surface area (Å²) in [6.45, 7) is 0.228. The number of carbonyl (C=O) groups excluding carboxylic acids is 1. The number of rotatable bonds is 5. The first-order valence-corrected chi connectivity index (χ1v) is 10.6. The standard InChI is InChI=1S/C27H20N2O5/c30-22-13-7-19(8-14-22)27(20-9-15-23(31)16-10-20)24-3-1-2-4-25(24)28(26(27)32)17-18-5-11-21(12-6-18)29(33)34/h1-16,30-31H,17H2. The number of hydrogen-bond donors (Lipinski definition) is 2. The van der Waals surface area contributed by atoms with E-state index in [1.165, 1.54) is 12.1 Å². The number of hydrogen-bond acceptors (Lipinski definition) is 5. The van der Waals surface area contributed by atoms with E-state index < -0.39 is 10.3 Å². The summed E-state index contributed by atoms with van der Waals surface area (Å²) in [5, 5.41) is 30.8.